The van der Waals surface area contributed by atoms with Crippen LogP contribution in [0.4, 0.5) is 0 Å². The Balaban J connectivity index is 1.63. The third-order valence-corrected chi connectivity index (χ3v) is 6.33. The number of esters is 1. The smallest absolute Gasteiger partial charge is 0.312 e. The Morgan fingerprint density at radius 2 is 1.59 bits per heavy atom. The highest BCUT2D eigenvalue weighted by Gasteiger charge is 2.42. The summed E-state index contributed by atoms with van der Waals surface area (Å²) in [5, 5.41) is 3.80. The number of carbonyl (C=O) groups is 1. The van der Waals surface area contributed by atoms with Crippen molar-refractivity contribution < 1.29 is 14.3 Å². The van der Waals surface area contributed by atoms with Crippen molar-refractivity contribution in [1.29, 1.82) is 0 Å². The second-order valence-corrected chi connectivity index (χ2v) is 8.94. The average molecular weight is 444 g/mol. The van der Waals surface area contributed by atoms with Crippen LogP contribution in [0.3, 0.4) is 0 Å². The van der Waals surface area contributed by atoms with Gasteiger partial charge in [0.15, 0.2) is 0 Å². The summed E-state index contributed by atoms with van der Waals surface area (Å²) in [6.07, 6.45) is 16.1. The molecule has 1 aromatic carbocycles. The SMILES string of the molecule is CCCCCCCCCCCCCC[C@@H]1OC[C@H](N=[N+]=[N-])[C@@H]1C(=O)OCc1ccccc1. The van der Waals surface area contributed by atoms with E-state index in [1.54, 1.807) is 0 Å². The highest BCUT2D eigenvalue weighted by Crippen LogP contribution is 2.30. The molecule has 0 unspecified atom stereocenters. The van der Waals surface area contributed by atoms with Gasteiger partial charge in [-0.3, -0.25) is 4.79 Å². The zero-order chi connectivity index (χ0) is 22.9. The first-order valence-electron chi connectivity index (χ1n) is 12.6. The Hall–Kier alpha value is -2.04. The highest BCUT2D eigenvalue weighted by molar-refractivity contribution is 5.74. The molecule has 1 heterocycles. The molecule has 0 aromatic heterocycles. The Morgan fingerprint density at radius 3 is 2.19 bits per heavy atom. The van der Waals surface area contributed by atoms with Gasteiger partial charge in [-0.2, -0.15) is 0 Å². The predicted octanol–water partition coefficient (Wildman–Crippen LogP) is 7.51. The molecular weight excluding hydrogens is 402 g/mol. The molecule has 6 heteroatoms. The lowest BCUT2D eigenvalue weighted by atomic mass is 9.93. The first kappa shape index (κ1) is 26.2. The molecule has 0 N–H and O–H groups in total. The van der Waals surface area contributed by atoms with E-state index in [9.17, 15) is 4.79 Å². The molecule has 0 aliphatic carbocycles. The first-order valence-corrected chi connectivity index (χ1v) is 12.6. The van der Waals surface area contributed by atoms with Gasteiger partial charge in [0.25, 0.3) is 0 Å². The second kappa shape index (κ2) is 16.6. The van der Waals surface area contributed by atoms with Crippen LogP contribution in [0.2, 0.25) is 0 Å². The fourth-order valence-corrected chi connectivity index (χ4v) is 4.43. The topological polar surface area (TPSA) is 84.3 Å². The quantitative estimate of drug-likeness (QED) is 0.0820. The highest BCUT2D eigenvalue weighted by atomic mass is 16.5. The number of hydrogen-bond donors (Lipinski definition) is 0. The fourth-order valence-electron chi connectivity index (χ4n) is 4.43. The van der Waals surface area contributed by atoms with Gasteiger partial charge in [-0.1, -0.05) is 119 Å². The van der Waals surface area contributed by atoms with Crippen LogP contribution in [0, 0.1) is 5.92 Å². The maximum atomic E-state index is 12.7. The van der Waals surface area contributed by atoms with Crippen LogP contribution in [0.1, 0.15) is 96.0 Å². The van der Waals surface area contributed by atoms with E-state index in [-0.39, 0.29) is 25.3 Å². The summed E-state index contributed by atoms with van der Waals surface area (Å²) in [6, 6.07) is 9.13. The molecule has 1 saturated heterocycles. The lowest BCUT2D eigenvalue weighted by Gasteiger charge is -2.19. The zero-order valence-corrected chi connectivity index (χ0v) is 19.8. The minimum atomic E-state index is -0.512. The zero-order valence-electron chi connectivity index (χ0n) is 19.8. The van der Waals surface area contributed by atoms with E-state index >= 15 is 0 Å². The summed E-state index contributed by atoms with van der Waals surface area (Å²) >= 11 is 0. The monoisotopic (exact) mass is 443 g/mol. The van der Waals surface area contributed by atoms with Crippen molar-refractivity contribution in [1.82, 2.24) is 0 Å². The second-order valence-electron chi connectivity index (χ2n) is 8.94. The van der Waals surface area contributed by atoms with Crippen LogP contribution < -0.4 is 0 Å². The van der Waals surface area contributed by atoms with Gasteiger partial charge in [-0.25, -0.2) is 0 Å². The summed E-state index contributed by atoms with van der Waals surface area (Å²) in [7, 11) is 0. The number of carbonyl (C=O) groups excluding carboxylic acids is 1. The van der Waals surface area contributed by atoms with Gasteiger partial charge >= 0.3 is 5.97 Å². The Kier molecular flexibility index (Phi) is 13.6. The van der Waals surface area contributed by atoms with E-state index in [1.165, 1.54) is 64.2 Å². The summed E-state index contributed by atoms with van der Waals surface area (Å²) in [5.41, 5.74) is 9.80. The van der Waals surface area contributed by atoms with Crippen molar-refractivity contribution in [2.45, 2.75) is 109 Å². The first-order chi connectivity index (χ1) is 15.8. The molecule has 0 bridgehead atoms. The van der Waals surface area contributed by atoms with Crippen molar-refractivity contribution in [2.24, 2.45) is 11.0 Å². The van der Waals surface area contributed by atoms with Gasteiger partial charge in [-0.15, -0.1) is 0 Å². The predicted molar refractivity (Wildman–Crippen MR) is 128 cm³/mol. The van der Waals surface area contributed by atoms with Gasteiger partial charge in [-0.05, 0) is 17.5 Å². The molecule has 1 aromatic rings. The number of ether oxygens (including phenoxy) is 2. The van der Waals surface area contributed by atoms with Gasteiger partial charge in [0.1, 0.15) is 6.61 Å². The lowest BCUT2D eigenvalue weighted by molar-refractivity contribution is -0.152. The van der Waals surface area contributed by atoms with Crippen LogP contribution in [0.5, 0.6) is 0 Å². The maximum Gasteiger partial charge on any atom is 0.312 e. The molecule has 0 radical (unpaired) electrons. The van der Waals surface area contributed by atoms with Crippen molar-refractivity contribution in [2.75, 3.05) is 6.61 Å². The molecule has 0 spiro atoms. The number of unbranched alkanes of at least 4 members (excludes halogenated alkanes) is 11. The molecule has 0 saturated carbocycles. The largest absolute Gasteiger partial charge is 0.461 e. The number of nitrogens with zero attached hydrogens (tertiary/aromatic N) is 3. The van der Waals surface area contributed by atoms with Gasteiger partial charge < -0.3 is 9.47 Å². The number of benzene rings is 1. The van der Waals surface area contributed by atoms with Crippen molar-refractivity contribution in [3.63, 3.8) is 0 Å². The molecular formula is C26H41N3O3. The Labute approximate surface area is 193 Å². The van der Waals surface area contributed by atoms with E-state index in [2.05, 4.69) is 16.9 Å². The molecule has 32 heavy (non-hydrogen) atoms. The lowest BCUT2D eigenvalue weighted by Crippen LogP contribution is -2.32. The number of hydrogen-bond acceptors (Lipinski definition) is 4. The van der Waals surface area contributed by atoms with Crippen molar-refractivity contribution >= 4 is 5.97 Å². The maximum absolute atomic E-state index is 12.7. The molecule has 1 aliphatic heterocycles. The summed E-state index contributed by atoms with van der Waals surface area (Å²) in [4.78, 5) is 15.7. The normalized spacial score (nSPS) is 20.1. The van der Waals surface area contributed by atoms with E-state index in [0.29, 0.717) is 0 Å². The molecule has 1 aliphatic rings. The third-order valence-electron chi connectivity index (χ3n) is 6.33. The van der Waals surface area contributed by atoms with Crippen LogP contribution in [-0.4, -0.2) is 24.7 Å². The van der Waals surface area contributed by atoms with E-state index < -0.39 is 12.0 Å². The van der Waals surface area contributed by atoms with E-state index in [4.69, 9.17) is 15.0 Å². The van der Waals surface area contributed by atoms with Crippen LogP contribution in [0.15, 0.2) is 35.4 Å². The third kappa shape index (κ3) is 10.1. The van der Waals surface area contributed by atoms with Gasteiger partial charge in [0.05, 0.1) is 24.7 Å². The molecule has 178 valence electrons. The average Bonchev–Trinajstić information content (AvgIpc) is 3.21. The minimum Gasteiger partial charge on any atom is -0.461 e. The van der Waals surface area contributed by atoms with E-state index in [1.807, 2.05) is 30.3 Å². The summed E-state index contributed by atoms with van der Waals surface area (Å²) in [6.45, 7) is 2.78. The number of azide groups is 1. The van der Waals surface area contributed by atoms with E-state index in [0.717, 1.165) is 24.8 Å². The molecule has 6 nitrogen and oxygen atoms in total. The van der Waals surface area contributed by atoms with Gasteiger partial charge in [0.2, 0.25) is 0 Å². The van der Waals surface area contributed by atoms with Crippen LogP contribution >= 0.6 is 0 Å². The Bertz CT molecular complexity index is 676. The minimum absolute atomic E-state index is 0.225. The standard InChI is InChI=1S/C26H41N3O3/c1-2-3-4-5-6-7-8-9-10-11-12-16-19-24-25(23(21-31-24)28-29-27)26(30)32-20-22-17-14-13-15-18-22/h13-15,17-18,23-25H,2-12,16,19-21H2,1H3/t23-,24-,25-/m0/s1. The molecule has 3 atom stereocenters. The van der Waals surface area contributed by atoms with Crippen LogP contribution in [-0.2, 0) is 20.9 Å². The number of rotatable bonds is 17. The Morgan fingerprint density at radius 1 is 1.00 bits per heavy atom. The molecule has 0 amide bonds. The van der Waals surface area contributed by atoms with Gasteiger partial charge in [0, 0.05) is 4.91 Å². The molecule has 2 rings (SSSR count). The van der Waals surface area contributed by atoms with Crippen LogP contribution in [0.25, 0.3) is 10.4 Å². The molecule has 1 fully saturated rings. The fraction of sp³-hybridized carbons (Fsp3) is 0.731. The van der Waals surface area contributed by atoms with Crippen molar-refractivity contribution in [3.05, 3.63) is 46.3 Å². The summed E-state index contributed by atoms with van der Waals surface area (Å²) in [5.74, 6) is -0.838. The van der Waals surface area contributed by atoms with Crippen molar-refractivity contribution in [3.8, 4) is 0 Å². The summed E-state index contributed by atoms with van der Waals surface area (Å²) < 4.78 is 11.4.